The lowest BCUT2D eigenvalue weighted by atomic mass is 10.0. The third-order valence-electron chi connectivity index (χ3n) is 7.76. The van der Waals surface area contributed by atoms with E-state index in [2.05, 4.69) is 30.5 Å². The quantitative estimate of drug-likeness (QED) is 0.248. The number of fused-ring (bicyclic) bond motifs is 1. The molecule has 44 heavy (non-hydrogen) atoms. The summed E-state index contributed by atoms with van der Waals surface area (Å²) in [6, 6.07) is 6.19. The molecule has 230 valence electrons. The zero-order chi connectivity index (χ0) is 30.5. The number of hydrogen-bond donors (Lipinski definition) is 2. The minimum atomic E-state index is -1.24. The number of halogens is 2. The molecule has 3 aromatic rings. The molecule has 2 fully saturated rings. The van der Waals surface area contributed by atoms with Crippen molar-refractivity contribution in [2.75, 3.05) is 44.8 Å². The van der Waals surface area contributed by atoms with Crippen LogP contribution < -0.4 is 20.1 Å². The van der Waals surface area contributed by atoms with E-state index in [1.165, 1.54) is 48.8 Å². The van der Waals surface area contributed by atoms with Crippen LogP contribution in [-0.2, 0) is 14.3 Å². The number of ether oxygens (including phenoxy) is 3. The first-order valence-electron chi connectivity index (χ1n) is 14.6. The maximum absolute atomic E-state index is 15.2. The van der Waals surface area contributed by atoms with E-state index in [1.54, 1.807) is 6.07 Å². The van der Waals surface area contributed by atoms with Crippen molar-refractivity contribution in [2.45, 2.75) is 31.7 Å². The first kappa shape index (κ1) is 29.6. The van der Waals surface area contributed by atoms with Gasteiger partial charge in [0.15, 0.2) is 28.5 Å². The Morgan fingerprint density at radius 3 is 2.61 bits per heavy atom. The van der Waals surface area contributed by atoms with Crippen LogP contribution in [-0.4, -0.2) is 77.2 Å². The van der Waals surface area contributed by atoms with Crippen molar-refractivity contribution < 1.29 is 32.6 Å². The standard InChI is InChI=1S/C31H32F2N6O5/c32-20-2-4-21(5-3-20)36-29(40)31(9-10-31)30(41)37-22-6-7-24(23(33)18-22)44-25-8-11-34-28-27(25)38-26(19-35-28)43-15-1-12-39-13-16-42-17-14-39/h2-5,7-8,11,18-19,22H,1,6,9-10,12-17H2,(H,36,40)(H,37,41). The summed E-state index contributed by atoms with van der Waals surface area (Å²) < 4.78 is 45.4. The van der Waals surface area contributed by atoms with E-state index in [0.717, 1.165) is 39.3 Å². The van der Waals surface area contributed by atoms with E-state index in [9.17, 15) is 14.0 Å². The Balaban J connectivity index is 1.04. The summed E-state index contributed by atoms with van der Waals surface area (Å²) >= 11 is 0. The highest BCUT2D eigenvalue weighted by atomic mass is 19.1. The lowest BCUT2D eigenvalue weighted by Crippen LogP contribution is -2.44. The Morgan fingerprint density at radius 1 is 1.07 bits per heavy atom. The molecule has 0 bridgehead atoms. The summed E-state index contributed by atoms with van der Waals surface area (Å²) in [7, 11) is 0. The van der Waals surface area contributed by atoms with Gasteiger partial charge in [0.1, 0.15) is 11.2 Å². The lowest BCUT2D eigenvalue weighted by Gasteiger charge is -2.26. The predicted octanol–water partition coefficient (Wildman–Crippen LogP) is 3.69. The molecule has 6 rings (SSSR count). The van der Waals surface area contributed by atoms with Crippen LogP contribution >= 0.6 is 0 Å². The highest BCUT2D eigenvalue weighted by Gasteiger charge is 2.56. The monoisotopic (exact) mass is 606 g/mol. The van der Waals surface area contributed by atoms with Gasteiger partial charge in [0.25, 0.3) is 0 Å². The van der Waals surface area contributed by atoms with E-state index in [1.807, 2.05) is 0 Å². The molecule has 2 N–H and O–H groups in total. The highest BCUT2D eigenvalue weighted by molar-refractivity contribution is 6.13. The average Bonchev–Trinajstić information content (AvgIpc) is 3.85. The number of morpholine rings is 1. The summed E-state index contributed by atoms with van der Waals surface area (Å²) in [6.45, 7) is 4.66. The number of carbonyl (C=O) groups excluding carboxylic acids is 2. The fourth-order valence-corrected chi connectivity index (χ4v) is 5.06. The van der Waals surface area contributed by atoms with E-state index in [4.69, 9.17) is 14.2 Å². The number of hydrogen-bond acceptors (Lipinski definition) is 9. The van der Waals surface area contributed by atoms with Crippen molar-refractivity contribution in [2.24, 2.45) is 5.41 Å². The number of benzene rings is 1. The van der Waals surface area contributed by atoms with Gasteiger partial charge in [-0.25, -0.2) is 23.7 Å². The molecule has 2 amide bonds. The van der Waals surface area contributed by atoms with Crippen LogP contribution in [0.3, 0.4) is 0 Å². The predicted molar refractivity (Wildman–Crippen MR) is 156 cm³/mol. The van der Waals surface area contributed by atoms with Crippen LogP contribution in [0, 0.1) is 11.2 Å². The average molecular weight is 607 g/mol. The number of rotatable bonds is 11. The molecular formula is C31H32F2N6O5. The van der Waals surface area contributed by atoms with Gasteiger partial charge in [-0.3, -0.25) is 14.5 Å². The fraction of sp³-hybridized carbons (Fsp3) is 0.387. The molecule has 3 heterocycles. The zero-order valence-corrected chi connectivity index (χ0v) is 23.9. The second-order valence-corrected chi connectivity index (χ2v) is 10.9. The maximum atomic E-state index is 15.2. The van der Waals surface area contributed by atoms with Gasteiger partial charge in [-0.2, -0.15) is 0 Å². The first-order chi connectivity index (χ1) is 21.4. The first-order valence-corrected chi connectivity index (χ1v) is 14.6. The van der Waals surface area contributed by atoms with E-state index in [-0.39, 0.29) is 17.9 Å². The molecule has 1 saturated heterocycles. The Bertz CT molecular complexity index is 1590. The minimum absolute atomic E-state index is 0.0307. The molecule has 2 aliphatic carbocycles. The van der Waals surface area contributed by atoms with Crippen molar-refractivity contribution in [1.29, 1.82) is 0 Å². The molecule has 1 unspecified atom stereocenters. The maximum Gasteiger partial charge on any atom is 0.240 e. The van der Waals surface area contributed by atoms with Gasteiger partial charge in [0.2, 0.25) is 17.7 Å². The molecular weight excluding hydrogens is 574 g/mol. The topological polar surface area (TPSA) is 128 Å². The second kappa shape index (κ2) is 13.0. The zero-order valence-electron chi connectivity index (χ0n) is 23.9. The number of anilines is 1. The molecule has 1 aromatic carbocycles. The highest BCUT2D eigenvalue weighted by Crippen LogP contribution is 2.47. The number of amides is 2. The molecule has 1 aliphatic heterocycles. The molecule has 11 nitrogen and oxygen atoms in total. The number of aromatic nitrogens is 3. The third kappa shape index (κ3) is 6.84. The van der Waals surface area contributed by atoms with Crippen LogP contribution in [0.5, 0.6) is 11.6 Å². The van der Waals surface area contributed by atoms with Gasteiger partial charge in [0.05, 0.1) is 32.1 Å². The van der Waals surface area contributed by atoms with Crippen molar-refractivity contribution in [1.82, 2.24) is 25.2 Å². The fourth-order valence-electron chi connectivity index (χ4n) is 5.06. The summed E-state index contributed by atoms with van der Waals surface area (Å²) in [4.78, 5) is 41.2. The van der Waals surface area contributed by atoms with Gasteiger partial charge in [-0.15, -0.1) is 0 Å². The van der Waals surface area contributed by atoms with E-state index < -0.39 is 34.9 Å². The minimum Gasteiger partial charge on any atom is -0.477 e. The molecule has 0 spiro atoms. The van der Waals surface area contributed by atoms with Crippen LogP contribution in [0.25, 0.3) is 11.2 Å². The van der Waals surface area contributed by atoms with Crippen LogP contribution in [0.15, 0.2) is 66.5 Å². The van der Waals surface area contributed by atoms with Gasteiger partial charge in [-0.1, -0.05) is 0 Å². The van der Waals surface area contributed by atoms with Crippen LogP contribution in [0.2, 0.25) is 0 Å². The summed E-state index contributed by atoms with van der Waals surface area (Å²) in [5, 5.41) is 5.42. The van der Waals surface area contributed by atoms with E-state index >= 15 is 4.39 Å². The lowest BCUT2D eigenvalue weighted by molar-refractivity contribution is -0.134. The van der Waals surface area contributed by atoms with Crippen molar-refractivity contribution in [3.8, 4) is 11.6 Å². The van der Waals surface area contributed by atoms with Gasteiger partial charge in [0, 0.05) is 37.6 Å². The van der Waals surface area contributed by atoms with Gasteiger partial charge < -0.3 is 24.8 Å². The second-order valence-electron chi connectivity index (χ2n) is 10.9. The van der Waals surface area contributed by atoms with Crippen molar-refractivity contribution in [3.63, 3.8) is 0 Å². The number of allylic oxidation sites excluding steroid dienone is 1. The van der Waals surface area contributed by atoms with Crippen molar-refractivity contribution >= 4 is 28.7 Å². The Kier molecular flexibility index (Phi) is 8.75. The Hall–Kier alpha value is -4.49. The SMILES string of the molecule is O=C(Nc1ccc(F)cc1)C1(C(=O)NC2C=C(F)C(Oc3ccnc4ncc(OCCCN5CCOCC5)nc34)=CC2)CC1. The molecule has 1 atom stereocenters. The molecule has 1 saturated carbocycles. The summed E-state index contributed by atoms with van der Waals surface area (Å²) in [6.07, 6.45) is 7.56. The molecule has 3 aliphatic rings. The number of nitrogens with zero attached hydrogens (tertiary/aromatic N) is 4. The molecule has 2 aromatic heterocycles. The van der Waals surface area contributed by atoms with Crippen LogP contribution in [0.1, 0.15) is 25.7 Å². The third-order valence-corrected chi connectivity index (χ3v) is 7.76. The largest absolute Gasteiger partial charge is 0.477 e. The van der Waals surface area contributed by atoms with E-state index in [0.29, 0.717) is 42.2 Å². The molecule has 0 radical (unpaired) electrons. The smallest absolute Gasteiger partial charge is 0.240 e. The number of pyridine rings is 1. The van der Waals surface area contributed by atoms with Crippen molar-refractivity contribution in [3.05, 3.63) is 72.3 Å². The van der Waals surface area contributed by atoms with Gasteiger partial charge in [-0.05, 0) is 62.1 Å². The normalized spacial score (nSPS) is 19.5. The Labute approximate surface area is 252 Å². The number of carbonyl (C=O) groups is 2. The molecule has 13 heteroatoms. The summed E-state index contributed by atoms with van der Waals surface area (Å²) in [5.41, 5.74) is -0.205. The van der Waals surface area contributed by atoms with Crippen LogP contribution in [0.4, 0.5) is 14.5 Å². The summed E-state index contributed by atoms with van der Waals surface area (Å²) in [5.74, 6) is -1.53. The Morgan fingerprint density at radius 2 is 1.86 bits per heavy atom. The number of nitrogens with one attached hydrogen (secondary N) is 2. The van der Waals surface area contributed by atoms with Gasteiger partial charge >= 0.3 is 0 Å².